The molecular formula is C15H12BrFN2O. The summed E-state index contributed by atoms with van der Waals surface area (Å²) < 4.78 is 19.2. The smallest absolute Gasteiger partial charge is 0.161 e. The van der Waals surface area contributed by atoms with E-state index < -0.39 is 5.82 Å². The Morgan fingerprint density at radius 3 is 2.55 bits per heavy atom. The fourth-order valence-electron chi connectivity index (χ4n) is 1.71. The predicted octanol–water partition coefficient (Wildman–Crippen LogP) is 4.08. The molecule has 0 radical (unpaired) electrons. The zero-order valence-corrected chi connectivity index (χ0v) is 12.4. The van der Waals surface area contributed by atoms with E-state index in [4.69, 9.17) is 10.00 Å². The highest BCUT2D eigenvalue weighted by atomic mass is 79.9. The van der Waals surface area contributed by atoms with Crippen LogP contribution in [0.25, 0.3) is 0 Å². The van der Waals surface area contributed by atoms with E-state index in [1.165, 1.54) is 0 Å². The molecule has 102 valence electrons. The molecule has 5 heteroatoms. The van der Waals surface area contributed by atoms with E-state index in [0.29, 0.717) is 12.2 Å². The molecule has 2 aromatic carbocycles. The molecular weight excluding hydrogens is 323 g/mol. The molecule has 0 saturated carbocycles. The van der Waals surface area contributed by atoms with Crippen LogP contribution in [0.15, 0.2) is 40.9 Å². The van der Waals surface area contributed by atoms with Crippen molar-refractivity contribution in [1.29, 1.82) is 5.26 Å². The van der Waals surface area contributed by atoms with Crippen LogP contribution in [-0.2, 0) is 6.54 Å². The van der Waals surface area contributed by atoms with Crippen molar-refractivity contribution in [3.63, 3.8) is 0 Å². The lowest BCUT2D eigenvalue weighted by Gasteiger charge is -2.10. The van der Waals surface area contributed by atoms with Crippen LogP contribution in [0.4, 0.5) is 10.1 Å². The molecule has 0 aliphatic heterocycles. The molecule has 1 N–H and O–H groups in total. The summed E-state index contributed by atoms with van der Waals surface area (Å²) in [6.45, 7) is 0.485. The summed E-state index contributed by atoms with van der Waals surface area (Å²) in [4.78, 5) is 0. The minimum atomic E-state index is -0.461. The zero-order chi connectivity index (χ0) is 14.5. The molecule has 0 amide bonds. The fourth-order valence-corrected chi connectivity index (χ4v) is 2.15. The normalized spacial score (nSPS) is 9.90. The van der Waals surface area contributed by atoms with Gasteiger partial charge in [0, 0.05) is 6.54 Å². The first kappa shape index (κ1) is 14.4. The van der Waals surface area contributed by atoms with Crippen LogP contribution >= 0.6 is 15.9 Å². The Kier molecular flexibility index (Phi) is 4.59. The van der Waals surface area contributed by atoms with Crippen molar-refractivity contribution in [3.05, 3.63) is 57.8 Å². The maximum Gasteiger partial charge on any atom is 0.161 e. The maximum atomic E-state index is 14.0. The molecule has 0 aromatic heterocycles. The van der Waals surface area contributed by atoms with Gasteiger partial charge in [0.2, 0.25) is 0 Å². The number of halogens is 2. The molecule has 3 nitrogen and oxygen atoms in total. The van der Waals surface area contributed by atoms with Gasteiger partial charge < -0.3 is 10.1 Å². The van der Waals surface area contributed by atoms with Crippen molar-refractivity contribution < 1.29 is 9.13 Å². The Hall–Kier alpha value is -2.06. The Bertz CT molecular complexity index is 650. The second-order valence-electron chi connectivity index (χ2n) is 4.10. The fraction of sp³-hybridized carbons (Fsp3) is 0.133. The van der Waals surface area contributed by atoms with Gasteiger partial charge in [-0.3, -0.25) is 0 Å². The third-order valence-electron chi connectivity index (χ3n) is 2.84. The minimum Gasteiger partial charge on any atom is -0.497 e. The van der Waals surface area contributed by atoms with Gasteiger partial charge in [-0.2, -0.15) is 5.26 Å². The van der Waals surface area contributed by atoms with Gasteiger partial charge in [0.05, 0.1) is 22.8 Å². The number of nitrogens with one attached hydrogen (secondary N) is 1. The molecule has 2 rings (SSSR count). The van der Waals surface area contributed by atoms with Crippen LogP contribution in [0.3, 0.4) is 0 Å². The molecule has 2 aromatic rings. The van der Waals surface area contributed by atoms with E-state index in [2.05, 4.69) is 21.2 Å². The number of nitriles is 1. The molecule has 0 saturated heterocycles. The third kappa shape index (κ3) is 3.09. The Labute approximate surface area is 125 Å². The number of ether oxygens (including phenoxy) is 1. The van der Waals surface area contributed by atoms with Gasteiger partial charge in [0.25, 0.3) is 0 Å². The van der Waals surface area contributed by atoms with Crippen molar-refractivity contribution in [3.8, 4) is 11.8 Å². The van der Waals surface area contributed by atoms with E-state index in [9.17, 15) is 4.39 Å². The lowest BCUT2D eigenvalue weighted by Crippen LogP contribution is -2.02. The molecule has 0 aliphatic rings. The predicted molar refractivity (Wildman–Crippen MR) is 79.1 cm³/mol. The van der Waals surface area contributed by atoms with Gasteiger partial charge in [-0.25, -0.2) is 4.39 Å². The van der Waals surface area contributed by atoms with Crippen LogP contribution in [-0.4, -0.2) is 7.11 Å². The molecule has 20 heavy (non-hydrogen) atoms. The number of nitrogens with zero attached hydrogens (tertiary/aromatic N) is 1. The third-order valence-corrected chi connectivity index (χ3v) is 3.62. The molecule has 0 unspecified atom stereocenters. The molecule has 0 bridgehead atoms. The Morgan fingerprint density at radius 2 is 1.95 bits per heavy atom. The van der Waals surface area contributed by atoms with E-state index in [1.54, 1.807) is 19.2 Å². The van der Waals surface area contributed by atoms with Crippen molar-refractivity contribution in [2.24, 2.45) is 0 Å². The summed E-state index contributed by atoms with van der Waals surface area (Å²) >= 11 is 3.08. The van der Waals surface area contributed by atoms with Crippen LogP contribution in [0.5, 0.6) is 5.75 Å². The monoisotopic (exact) mass is 334 g/mol. The first-order valence-electron chi connectivity index (χ1n) is 5.90. The molecule has 0 atom stereocenters. The second-order valence-corrected chi connectivity index (χ2v) is 4.90. The number of hydrogen-bond donors (Lipinski definition) is 1. The molecule has 0 spiro atoms. The number of anilines is 1. The number of benzene rings is 2. The lowest BCUT2D eigenvalue weighted by molar-refractivity contribution is 0.414. The van der Waals surface area contributed by atoms with E-state index in [-0.39, 0.29) is 10.0 Å². The van der Waals surface area contributed by atoms with Gasteiger partial charge in [-0.1, -0.05) is 12.1 Å². The standard InChI is InChI=1S/C15H12BrFN2O/c1-20-12-5-2-10(3-6-12)9-19-13-7-4-11(8-18)14(16)15(13)17/h2-7,19H,9H2,1H3. The summed E-state index contributed by atoms with van der Waals surface area (Å²) in [5.41, 5.74) is 1.63. The van der Waals surface area contributed by atoms with Crippen molar-refractivity contribution in [2.45, 2.75) is 6.54 Å². The lowest BCUT2D eigenvalue weighted by atomic mass is 10.2. The average Bonchev–Trinajstić information content (AvgIpc) is 2.49. The number of hydrogen-bond acceptors (Lipinski definition) is 3. The summed E-state index contributed by atoms with van der Waals surface area (Å²) in [5, 5.41) is 11.8. The highest BCUT2D eigenvalue weighted by molar-refractivity contribution is 9.10. The Balaban J connectivity index is 2.11. The van der Waals surface area contributed by atoms with Gasteiger partial charge in [-0.15, -0.1) is 0 Å². The van der Waals surface area contributed by atoms with Crippen LogP contribution in [0, 0.1) is 17.1 Å². The zero-order valence-electron chi connectivity index (χ0n) is 10.8. The van der Waals surface area contributed by atoms with E-state index >= 15 is 0 Å². The number of methoxy groups -OCH3 is 1. The molecule has 0 fully saturated rings. The van der Waals surface area contributed by atoms with E-state index in [0.717, 1.165) is 11.3 Å². The quantitative estimate of drug-likeness (QED) is 0.916. The van der Waals surface area contributed by atoms with Crippen molar-refractivity contribution >= 4 is 21.6 Å². The minimum absolute atomic E-state index is 0.180. The van der Waals surface area contributed by atoms with Crippen molar-refractivity contribution in [2.75, 3.05) is 12.4 Å². The largest absolute Gasteiger partial charge is 0.497 e. The topological polar surface area (TPSA) is 45.0 Å². The summed E-state index contributed by atoms with van der Waals surface area (Å²) in [7, 11) is 1.61. The van der Waals surface area contributed by atoms with Crippen molar-refractivity contribution in [1.82, 2.24) is 0 Å². The van der Waals surface area contributed by atoms with Gasteiger partial charge in [0.15, 0.2) is 5.82 Å². The van der Waals surface area contributed by atoms with E-state index in [1.807, 2.05) is 30.3 Å². The summed E-state index contributed by atoms with van der Waals surface area (Å²) in [5.74, 6) is 0.318. The first-order chi connectivity index (χ1) is 9.65. The molecule has 0 heterocycles. The Morgan fingerprint density at radius 1 is 1.25 bits per heavy atom. The van der Waals surface area contributed by atoms with Gasteiger partial charge >= 0.3 is 0 Å². The van der Waals surface area contributed by atoms with Gasteiger partial charge in [-0.05, 0) is 45.8 Å². The average molecular weight is 335 g/mol. The SMILES string of the molecule is COc1ccc(CNc2ccc(C#N)c(Br)c2F)cc1. The first-order valence-corrected chi connectivity index (χ1v) is 6.70. The van der Waals surface area contributed by atoms with Crippen LogP contribution in [0.2, 0.25) is 0 Å². The number of rotatable bonds is 4. The van der Waals surface area contributed by atoms with Gasteiger partial charge in [0.1, 0.15) is 11.8 Å². The van der Waals surface area contributed by atoms with Crippen LogP contribution in [0.1, 0.15) is 11.1 Å². The molecule has 0 aliphatic carbocycles. The summed E-state index contributed by atoms with van der Waals surface area (Å²) in [6.07, 6.45) is 0. The highest BCUT2D eigenvalue weighted by Gasteiger charge is 2.10. The second kappa shape index (κ2) is 6.40. The van der Waals surface area contributed by atoms with Crippen LogP contribution < -0.4 is 10.1 Å². The maximum absolute atomic E-state index is 14.0. The highest BCUT2D eigenvalue weighted by Crippen LogP contribution is 2.27. The summed E-state index contributed by atoms with van der Waals surface area (Å²) in [6, 6.07) is 12.6.